The van der Waals surface area contributed by atoms with Crippen molar-refractivity contribution < 1.29 is 69.4 Å². The Kier molecular flexibility index (Phi) is 14.1. The minimum atomic E-state index is -6.09. The Morgan fingerprint density at radius 2 is 1.02 bits per heavy atom. The Balaban J connectivity index is 0.000000413. The molecule has 0 N–H and O–H groups in total. The zero-order valence-electron chi connectivity index (χ0n) is 21.1. The van der Waals surface area contributed by atoms with Crippen molar-refractivity contribution in [3.8, 4) is 0 Å². The largest absolute Gasteiger partial charge is 2.00 e. The first-order valence-electron chi connectivity index (χ1n) is 11.7. The number of halogens is 6. The van der Waals surface area contributed by atoms with Crippen molar-refractivity contribution in [1.82, 2.24) is 19.8 Å². The molecule has 19 heteroatoms. The Morgan fingerprint density at radius 3 is 1.27 bits per heavy atom. The van der Waals surface area contributed by atoms with Crippen LogP contribution in [0.1, 0.15) is 37.1 Å². The second kappa shape index (κ2) is 15.6. The van der Waals surface area contributed by atoms with Crippen molar-refractivity contribution in [3.05, 3.63) is 60.2 Å². The van der Waals surface area contributed by atoms with Crippen LogP contribution in [0.5, 0.6) is 0 Å². The molecule has 41 heavy (non-hydrogen) atoms. The van der Waals surface area contributed by atoms with Crippen LogP contribution in [0.3, 0.4) is 0 Å². The summed E-state index contributed by atoms with van der Waals surface area (Å²) in [6.45, 7) is 4.38. The van der Waals surface area contributed by atoms with Gasteiger partial charge in [0.05, 0.1) is 11.4 Å². The van der Waals surface area contributed by atoms with Gasteiger partial charge in [0, 0.05) is 37.6 Å². The van der Waals surface area contributed by atoms with Crippen LogP contribution in [0.2, 0.25) is 0 Å². The SMILES string of the molecule is O=S(=O)([O-])C(F)(F)F.O=S(=O)([O-])C(F)(F)F.[Fe+2].c1ccc(CN2CCC[C@H]2[C@@H]2CCCN2Cc2ccccn2)nc1. The topological polar surface area (TPSA) is 147 Å². The van der Waals surface area contributed by atoms with Gasteiger partial charge in [-0.3, -0.25) is 19.8 Å². The van der Waals surface area contributed by atoms with Gasteiger partial charge in [-0.15, -0.1) is 0 Å². The maximum absolute atomic E-state index is 10.7. The number of alkyl halides is 6. The number of hydrogen-bond acceptors (Lipinski definition) is 10. The molecule has 0 radical (unpaired) electrons. The van der Waals surface area contributed by atoms with Gasteiger partial charge in [0.25, 0.3) is 0 Å². The van der Waals surface area contributed by atoms with Crippen molar-refractivity contribution >= 4 is 20.2 Å². The molecule has 0 aromatic carbocycles. The Morgan fingerprint density at radius 1 is 0.707 bits per heavy atom. The van der Waals surface area contributed by atoms with Gasteiger partial charge in [-0.1, -0.05) is 12.1 Å². The molecule has 2 aromatic rings. The molecule has 2 fully saturated rings. The fourth-order valence-electron chi connectivity index (χ4n) is 4.37. The zero-order chi connectivity index (χ0) is 30.2. The van der Waals surface area contributed by atoms with Crippen molar-refractivity contribution in [2.75, 3.05) is 13.1 Å². The van der Waals surface area contributed by atoms with E-state index in [2.05, 4.69) is 44.0 Å². The van der Waals surface area contributed by atoms with Crippen LogP contribution in [0, 0.1) is 0 Å². The molecule has 0 unspecified atom stereocenters. The summed E-state index contributed by atoms with van der Waals surface area (Å²) in [5.41, 5.74) is -8.91. The maximum Gasteiger partial charge on any atom is 2.00 e. The molecule has 0 aliphatic carbocycles. The molecule has 2 aromatic heterocycles. The van der Waals surface area contributed by atoms with Crippen LogP contribution >= 0.6 is 0 Å². The molecule has 2 saturated heterocycles. The molecule has 0 amide bonds. The maximum atomic E-state index is 10.7. The van der Waals surface area contributed by atoms with E-state index >= 15 is 0 Å². The molecule has 4 rings (SSSR count). The predicted octanol–water partition coefficient (Wildman–Crippen LogP) is 3.21. The minimum Gasteiger partial charge on any atom is -0.741 e. The normalized spacial score (nSPS) is 20.3. The number of likely N-dealkylation sites (tertiary alicyclic amines) is 2. The molecular formula is C22H26F6FeN4O6S2. The van der Waals surface area contributed by atoms with Crippen LogP contribution in [-0.2, 0) is 50.4 Å². The number of rotatable bonds is 5. The van der Waals surface area contributed by atoms with E-state index in [1.807, 2.05) is 24.5 Å². The van der Waals surface area contributed by atoms with Gasteiger partial charge < -0.3 is 9.11 Å². The van der Waals surface area contributed by atoms with Crippen molar-refractivity contribution in [3.63, 3.8) is 0 Å². The number of hydrogen-bond donors (Lipinski definition) is 0. The monoisotopic (exact) mass is 676 g/mol. The van der Waals surface area contributed by atoms with Crippen molar-refractivity contribution in [1.29, 1.82) is 0 Å². The summed E-state index contributed by atoms with van der Waals surface area (Å²) in [5, 5.41) is 0. The summed E-state index contributed by atoms with van der Waals surface area (Å²) in [6.07, 6.45) is 9.07. The summed E-state index contributed by atoms with van der Waals surface area (Å²) >= 11 is 0. The second-order valence-electron chi connectivity index (χ2n) is 8.80. The third kappa shape index (κ3) is 12.1. The molecule has 0 spiro atoms. The smallest absolute Gasteiger partial charge is 0.741 e. The van der Waals surface area contributed by atoms with Gasteiger partial charge in [-0.25, -0.2) is 16.8 Å². The van der Waals surface area contributed by atoms with Crippen LogP contribution < -0.4 is 0 Å². The van der Waals surface area contributed by atoms with E-state index in [4.69, 9.17) is 25.9 Å². The summed E-state index contributed by atoms with van der Waals surface area (Å²) in [6, 6.07) is 13.8. The first-order chi connectivity index (χ1) is 18.4. The minimum absolute atomic E-state index is 0. The van der Waals surface area contributed by atoms with E-state index in [9.17, 15) is 26.3 Å². The number of aromatic nitrogens is 2. The van der Waals surface area contributed by atoms with Crippen LogP contribution in [0.15, 0.2) is 48.8 Å². The van der Waals surface area contributed by atoms with E-state index in [1.54, 1.807) is 0 Å². The first-order valence-corrected chi connectivity index (χ1v) is 14.5. The van der Waals surface area contributed by atoms with Crippen molar-refractivity contribution in [2.24, 2.45) is 0 Å². The molecule has 0 saturated carbocycles. The van der Waals surface area contributed by atoms with Gasteiger partial charge in [0.1, 0.15) is 0 Å². The first kappa shape index (κ1) is 37.2. The summed E-state index contributed by atoms with van der Waals surface area (Å²) in [5.74, 6) is 0. The average Bonchev–Trinajstić information content (AvgIpc) is 3.48. The van der Waals surface area contributed by atoms with Gasteiger partial charge in [-0.2, -0.15) is 26.3 Å². The quantitative estimate of drug-likeness (QED) is 0.200. The summed E-state index contributed by atoms with van der Waals surface area (Å²) < 4.78 is 118. The summed E-state index contributed by atoms with van der Waals surface area (Å²) in [4.78, 5) is 14.4. The van der Waals surface area contributed by atoms with E-state index in [-0.39, 0.29) is 17.1 Å². The van der Waals surface area contributed by atoms with E-state index in [1.165, 1.54) is 50.2 Å². The standard InChI is InChI=1S/C20H26N4.2CHF3O3S.Fe/c1-3-11-21-17(7-1)15-23-13-5-9-19(23)20-10-6-14-24(20)16-18-8-2-4-12-22-18;2*2-1(3,4)8(5,6)7;/h1-4,7-8,11-12,19-20H,5-6,9-10,13-16H2;2*(H,5,6,7);/q;;;+2/p-2/t19-,20-;;;/m0.../s1. The van der Waals surface area contributed by atoms with Gasteiger partial charge >= 0.3 is 28.1 Å². The fraction of sp³-hybridized carbons (Fsp3) is 0.545. The second-order valence-corrected chi connectivity index (χ2v) is 11.5. The van der Waals surface area contributed by atoms with E-state index < -0.39 is 31.3 Å². The van der Waals surface area contributed by atoms with Crippen molar-refractivity contribution in [2.45, 2.75) is 61.9 Å². The average molecular weight is 676 g/mol. The fourth-order valence-corrected chi connectivity index (χ4v) is 4.37. The third-order valence-corrected chi connectivity index (χ3v) is 7.16. The molecule has 0 bridgehead atoms. The molecule has 2 aliphatic heterocycles. The Hall–Kier alpha value is -1.86. The van der Waals surface area contributed by atoms with Gasteiger partial charge in [-0.05, 0) is 63.0 Å². The van der Waals surface area contributed by atoms with Crippen LogP contribution in [0.4, 0.5) is 26.3 Å². The van der Waals surface area contributed by atoms with Crippen LogP contribution in [0.25, 0.3) is 0 Å². The molecule has 232 valence electrons. The molecule has 2 atom stereocenters. The zero-order valence-corrected chi connectivity index (χ0v) is 23.8. The van der Waals surface area contributed by atoms with Gasteiger partial charge in [0.15, 0.2) is 20.2 Å². The Labute approximate surface area is 244 Å². The summed E-state index contributed by atoms with van der Waals surface area (Å²) in [7, 11) is -12.2. The third-order valence-electron chi connectivity index (χ3n) is 6.02. The number of pyridine rings is 2. The molecular weight excluding hydrogens is 650 g/mol. The molecule has 10 nitrogen and oxygen atoms in total. The molecule has 4 heterocycles. The Bertz CT molecular complexity index is 1170. The number of nitrogens with zero attached hydrogens (tertiary/aromatic N) is 4. The predicted molar refractivity (Wildman–Crippen MR) is 127 cm³/mol. The van der Waals surface area contributed by atoms with Crippen LogP contribution in [-0.4, -0.2) is 81.9 Å². The van der Waals surface area contributed by atoms with E-state index in [0.717, 1.165) is 13.1 Å². The van der Waals surface area contributed by atoms with E-state index in [0.29, 0.717) is 12.1 Å². The van der Waals surface area contributed by atoms with Gasteiger partial charge in [0.2, 0.25) is 0 Å². The molecule has 2 aliphatic rings.